The number of amides is 3. The van der Waals surface area contributed by atoms with Crippen molar-refractivity contribution < 1.29 is 14.3 Å². The van der Waals surface area contributed by atoms with E-state index in [1.165, 1.54) is 4.90 Å². The molecular formula is C14H17N3O3. The van der Waals surface area contributed by atoms with E-state index in [2.05, 4.69) is 0 Å². The van der Waals surface area contributed by atoms with Crippen molar-refractivity contribution in [3.05, 3.63) is 29.8 Å². The van der Waals surface area contributed by atoms with E-state index in [4.69, 9.17) is 10.5 Å². The van der Waals surface area contributed by atoms with E-state index in [0.717, 1.165) is 5.56 Å². The maximum atomic E-state index is 12.5. The number of anilines is 1. The van der Waals surface area contributed by atoms with E-state index in [0.29, 0.717) is 38.4 Å². The first kappa shape index (κ1) is 13.1. The summed E-state index contributed by atoms with van der Waals surface area (Å²) in [4.78, 5) is 27.7. The van der Waals surface area contributed by atoms with Gasteiger partial charge in [0.2, 0.25) is 5.91 Å². The van der Waals surface area contributed by atoms with E-state index in [1.54, 1.807) is 17.0 Å². The minimum absolute atomic E-state index is 0.127. The summed E-state index contributed by atoms with van der Waals surface area (Å²) >= 11 is 0. The number of hydrogen-bond donors (Lipinski definition) is 1. The molecule has 3 amide bonds. The molecule has 6 heteroatoms. The molecule has 1 atom stereocenters. The molecule has 2 saturated heterocycles. The molecule has 0 aliphatic carbocycles. The average Bonchev–Trinajstić information content (AvgIpc) is 2.47. The van der Waals surface area contributed by atoms with E-state index >= 15 is 0 Å². The van der Waals surface area contributed by atoms with Crippen LogP contribution in [0.5, 0.6) is 0 Å². The van der Waals surface area contributed by atoms with Gasteiger partial charge in [0.15, 0.2) is 0 Å². The highest BCUT2D eigenvalue weighted by molar-refractivity contribution is 6.16. The minimum atomic E-state index is -0.260. The van der Waals surface area contributed by atoms with Gasteiger partial charge in [-0.2, -0.15) is 0 Å². The lowest BCUT2D eigenvalue weighted by atomic mass is 10.1. The van der Waals surface area contributed by atoms with Gasteiger partial charge in [-0.25, -0.2) is 9.69 Å². The molecule has 0 radical (unpaired) electrons. The number of nitrogens with two attached hydrogens (primary N) is 1. The van der Waals surface area contributed by atoms with E-state index in [-0.39, 0.29) is 18.0 Å². The molecule has 106 valence electrons. The van der Waals surface area contributed by atoms with Crippen molar-refractivity contribution in [3.63, 3.8) is 0 Å². The predicted molar refractivity (Wildman–Crippen MR) is 73.1 cm³/mol. The zero-order valence-corrected chi connectivity index (χ0v) is 11.1. The third-order valence-corrected chi connectivity index (χ3v) is 3.73. The molecule has 3 rings (SSSR count). The van der Waals surface area contributed by atoms with Gasteiger partial charge in [0.1, 0.15) is 0 Å². The standard InChI is InChI=1S/C14H17N3O3/c15-8-10-2-1-3-11(6-10)17-13(18)7-12-9-20-5-4-16(12)14(17)19/h1-3,6,12H,4-5,7-9,15H2. The van der Waals surface area contributed by atoms with Crippen LogP contribution in [-0.2, 0) is 16.1 Å². The van der Waals surface area contributed by atoms with Gasteiger partial charge in [-0.3, -0.25) is 4.79 Å². The summed E-state index contributed by atoms with van der Waals surface area (Å²) in [5, 5.41) is 0. The van der Waals surface area contributed by atoms with Crippen LogP contribution in [-0.4, -0.2) is 42.6 Å². The Morgan fingerprint density at radius 2 is 2.20 bits per heavy atom. The zero-order chi connectivity index (χ0) is 14.1. The smallest absolute Gasteiger partial charge is 0.331 e. The topological polar surface area (TPSA) is 75.9 Å². The van der Waals surface area contributed by atoms with Crippen LogP contribution in [0.3, 0.4) is 0 Å². The molecule has 2 fully saturated rings. The second-order valence-electron chi connectivity index (χ2n) is 5.01. The summed E-state index contributed by atoms with van der Waals surface area (Å²) in [5.74, 6) is -0.184. The lowest BCUT2D eigenvalue weighted by Crippen LogP contribution is -2.61. The molecule has 2 aliphatic rings. The molecule has 0 spiro atoms. The fourth-order valence-corrected chi connectivity index (χ4v) is 2.68. The van der Waals surface area contributed by atoms with Crippen LogP contribution >= 0.6 is 0 Å². The molecule has 0 bridgehead atoms. The van der Waals surface area contributed by atoms with Crippen molar-refractivity contribution in [1.82, 2.24) is 4.90 Å². The highest BCUT2D eigenvalue weighted by Crippen LogP contribution is 2.26. The third kappa shape index (κ3) is 2.17. The summed E-state index contributed by atoms with van der Waals surface area (Å²) in [6.45, 7) is 1.87. The molecule has 2 N–H and O–H groups in total. The molecule has 2 heterocycles. The predicted octanol–water partition coefficient (Wildman–Crippen LogP) is 0.703. The van der Waals surface area contributed by atoms with E-state index < -0.39 is 0 Å². The largest absolute Gasteiger partial charge is 0.377 e. The van der Waals surface area contributed by atoms with Crippen molar-refractivity contribution in [2.75, 3.05) is 24.7 Å². The summed E-state index contributed by atoms with van der Waals surface area (Å²) in [5.41, 5.74) is 7.09. The number of rotatable bonds is 2. The number of hydrogen-bond acceptors (Lipinski definition) is 4. The van der Waals surface area contributed by atoms with Crippen LogP contribution in [0.25, 0.3) is 0 Å². The van der Waals surface area contributed by atoms with Gasteiger partial charge in [-0.1, -0.05) is 12.1 Å². The van der Waals surface area contributed by atoms with Crippen molar-refractivity contribution in [3.8, 4) is 0 Å². The van der Waals surface area contributed by atoms with Crippen molar-refractivity contribution in [1.29, 1.82) is 0 Å². The summed E-state index contributed by atoms with van der Waals surface area (Å²) < 4.78 is 5.33. The minimum Gasteiger partial charge on any atom is -0.377 e. The molecule has 1 aromatic rings. The summed E-state index contributed by atoms with van der Waals surface area (Å²) in [6.07, 6.45) is 0.304. The number of nitrogens with zero attached hydrogens (tertiary/aromatic N) is 2. The molecule has 6 nitrogen and oxygen atoms in total. The Labute approximate surface area is 117 Å². The first-order valence-electron chi connectivity index (χ1n) is 6.71. The molecule has 1 unspecified atom stereocenters. The van der Waals surface area contributed by atoms with Crippen LogP contribution < -0.4 is 10.6 Å². The van der Waals surface area contributed by atoms with Gasteiger partial charge in [0.05, 0.1) is 31.4 Å². The second kappa shape index (κ2) is 5.22. The van der Waals surface area contributed by atoms with Crippen molar-refractivity contribution in [2.24, 2.45) is 5.73 Å². The number of carbonyl (C=O) groups excluding carboxylic acids is 2. The van der Waals surface area contributed by atoms with Crippen LogP contribution in [0.15, 0.2) is 24.3 Å². The normalized spacial score (nSPS) is 22.9. The maximum Gasteiger partial charge on any atom is 0.331 e. The number of urea groups is 1. The molecule has 0 aromatic heterocycles. The highest BCUT2D eigenvalue weighted by Gasteiger charge is 2.40. The van der Waals surface area contributed by atoms with Gasteiger partial charge >= 0.3 is 6.03 Å². The van der Waals surface area contributed by atoms with Crippen molar-refractivity contribution >= 4 is 17.6 Å². The number of benzene rings is 1. The fourth-order valence-electron chi connectivity index (χ4n) is 2.68. The number of morpholine rings is 1. The monoisotopic (exact) mass is 275 g/mol. The molecule has 1 aromatic carbocycles. The Kier molecular flexibility index (Phi) is 3.42. The molecule has 0 saturated carbocycles. The van der Waals surface area contributed by atoms with Gasteiger partial charge < -0.3 is 15.4 Å². The molecule has 20 heavy (non-hydrogen) atoms. The Morgan fingerprint density at radius 3 is 3.00 bits per heavy atom. The second-order valence-corrected chi connectivity index (χ2v) is 5.01. The fraction of sp³-hybridized carbons (Fsp3) is 0.429. The SMILES string of the molecule is NCc1cccc(N2C(=O)CC3COCCN3C2=O)c1. The summed E-state index contributed by atoms with van der Waals surface area (Å²) in [6, 6.07) is 6.84. The van der Waals surface area contributed by atoms with Gasteiger partial charge in [-0.05, 0) is 17.7 Å². The number of imide groups is 1. The zero-order valence-electron chi connectivity index (χ0n) is 11.1. The van der Waals surface area contributed by atoms with Crippen LogP contribution in [0.1, 0.15) is 12.0 Å². The van der Waals surface area contributed by atoms with Crippen LogP contribution in [0, 0.1) is 0 Å². The van der Waals surface area contributed by atoms with Gasteiger partial charge in [0.25, 0.3) is 0 Å². The lowest BCUT2D eigenvalue weighted by molar-refractivity contribution is -0.122. The Morgan fingerprint density at radius 1 is 1.35 bits per heavy atom. The van der Waals surface area contributed by atoms with Gasteiger partial charge in [-0.15, -0.1) is 0 Å². The molecule has 2 aliphatic heterocycles. The Balaban J connectivity index is 1.91. The average molecular weight is 275 g/mol. The number of carbonyl (C=O) groups is 2. The third-order valence-electron chi connectivity index (χ3n) is 3.73. The van der Waals surface area contributed by atoms with Crippen LogP contribution in [0.2, 0.25) is 0 Å². The first-order valence-corrected chi connectivity index (χ1v) is 6.71. The summed E-state index contributed by atoms with van der Waals surface area (Å²) in [7, 11) is 0. The lowest BCUT2D eigenvalue weighted by Gasteiger charge is -2.42. The maximum absolute atomic E-state index is 12.5. The molecular weight excluding hydrogens is 258 g/mol. The Bertz CT molecular complexity index is 546. The van der Waals surface area contributed by atoms with Crippen molar-refractivity contribution in [2.45, 2.75) is 19.0 Å². The van der Waals surface area contributed by atoms with E-state index in [1.807, 2.05) is 12.1 Å². The first-order chi connectivity index (χ1) is 9.70. The number of fused-ring (bicyclic) bond motifs is 1. The van der Waals surface area contributed by atoms with E-state index in [9.17, 15) is 9.59 Å². The Hall–Kier alpha value is -1.92. The van der Waals surface area contributed by atoms with Gasteiger partial charge in [0, 0.05) is 13.1 Å². The quantitative estimate of drug-likeness (QED) is 0.862. The highest BCUT2D eigenvalue weighted by atomic mass is 16.5. The van der Waals surface area contributed by atoms with Crippen LogP contribution in [0.4, 0.5) is 10.5 Å². The number of ether oxygens (including phenoxy) is 1.